The molecule has 12 heteroatoms. The van der Waals surface area contributed by atoms with Crippen molar-refractivity contribution in [1.29, 1.82) is 0 Å². The second-order valence-electron chi connectivity index (χ2n) is 6.39. The molecule has 4 rings (SSSR count). The molecule has 2 N–H and O–H groups in total. The second-order valence-corrected chi connectivity index (χ2v) is 7.72. The van der Waals surface area contributed by atoms with Crippen LogP contribution in [-0.4, -0.2) is 25.3 Å². The minimum absolute atomic E-state index is 0.00156. The summed E-state index contributed by atoms with van der Waals surface area (Å²) in [5, 5.41) is 1.70. The number of benzene rings is 1. The Hall–Kier alpha value is -2.69. The van der Waals surface area contributed by atoms with Crippen molar-refractivity contribution >= 4 is 53.1 Å². The van der Waals surface area contributed by atoms with Gasteiger partial charge in [0.25, 0.3) is 5.91 Å². The van der Waals surface area contributed by atoms with Gasteiger partial charge >= 0.3 is 6.18 Å². The lowest BCUT2D eigenvalue weighted by Gasteiger charge is -2.13. The predicted molar refractivity (Wildman–Crippen MR) is 114 cm³/mol. The first-order valence-corrected chi connectivity index (χ1v) is 9.96. The van der Waals surface area contributed by atoms with Crippen LogP contribution < -0.4 is 5.32 Å². The van der Waals surface area contributed by atoms with Crippen LogP contribution >= 0.6 is 35.8 Å². The van der Waals surface area contributed by atoms with Crippen molar-refractivity contribution in [2.45, 2.75) is 11.4 Å². The van der Waals surface area contributed by atoms with Gasteiger partial charge in [-0.2, -0.15) is 25.8 Å². The third kappa shape index (κ3) is 3.98. The van der Waals surface area contributed by atoms with Gasteiger partial charge in [0, 0.05) is 18.6 Å². The van der Waals surface area contributed by atoms with Gasteiger partial charge < -0.3 is 14.7 Å². The van der Waals surface area contributed by atoms with E-state index >= 15 is 0 Å². The van der Waals surface area contributed by atoms with Gasteiger partial charge in [-0.05, 0) is 24.3 Å². The summed E-state index contributed by atoms with van der Waals surface area (Å²) in [5.74, 6) is -0.469. The summed E-state index contributed by atoms with van der Waals surface area (Å²) in [7, 11) is 0. The fraction of sp³-hybridized carbons (Fsp3) is 0.105. The molecule has 0 saturated carbocycles. The number of fused-ring (bicyclic) bond motifs is 1. The molecule has 6 nitrogen and oxygen atoms in total. The Morgan fingerprint density at radius 2 is 1.90 bits per heavy atom. The molecule has 0 aliphatic rings. The number of pyridine rings is 1. The van der Waals surface area contributed by atoms with E-state index in [-0.39, 0.29) is 38.5 Å². The van der Waals surface area contributed by atoms with E-state index in [2.05, 4.69) is 32.9 Å². The Balaban J connectivity index is 1.85. The number of nitrogens with zero attached hydrogens (tertiary/aromatic N) is 3. The van der Waals surface area contributed by atoms with E-state index in [1.165, 1.54) is 47.3 Å². The summed E-state index contributed by atoms with van der Waals surface area (Å²) in [6.07, 6.45) is -0.471. The van der Waals surface area contributed by atoms with Crippen molar-refractivity contribution in [3.8, 4) is 0 Å². The van der Waals surface area contributed by atoms with Gasteiger partial charge in [-0.1, -0.05) is 29.3 Å². The first-order chi connectivity index (χ1) is 14.7. The summed E-state index contributed by atoms with van der Waals surface area (Å²) >= 11 is 16.5. The molecule has 31 heavy (non-hydrogen) atoms. The maximum Gasteiger partial charge on any atom is 0.435 e. The molecule has 0 bridgehead atoms. The number of hydrogen-bond acceptors (Lipinski definition) is 4. The zero-order valence-electron chi connectivity index (χ0n) is 15.3. The lowest BCUT2D eigenvalue weighted by molar-refractivity contribution is -0.141. The van der Waals surface area contributed by atoms with E-state index < -0.39 is 23.0 Å². The summed E-state index contributed by atoms with van der Waals surface area (Å²) in [6, 6.07) is 7.43. The van der Waals surface area contributed by atoms with E-state index in [0.717, 1.165) is 0 Å². The number of aromatic amines is 1. The Labute approximate surface area is 188 Å². The Kier molecular flexibility index (Phi) is 5.63. The number of nitrogens with one attached hydrogen (secondary N) is 2. The Morgan fingerprint density at radius 3 is 2.52 bits per heavy atom. The van der Waals surface area contributed by atoms with Crippen LogP contribution in [0, 0.1) is 0 Å². The molecule has 4 aromatic rings. The highest BCUT2D eigenvalue weighted by Gasteiger charge is 2.40. The van der Waals surface area contributed by atoms with Gasteiger partial charge in [0.15, 0.2) is 11.3 Å². The molecule has 3 aromatic heterocycles. The highest BCUT2D eigenvalue weighted by atomic mass is 35.5. The van der Waals surface area contributed by atoms with Crippen molar-refractivity contribution in [2.24, 2.45) is 0 Å². The minimum atomic E-state index is -4.76. The van der Waals surface area contributed by atoms with Gasteiger partial charge in [-0.3, -0.25) is 4.79 Å². The third-order valence-corrected chi connectivity index (χ3v) is 5.55. The van der Waals surface area contributed by atoms with Crippen LogP contribution in [0.25, 0.3) is 5.65 Å². The number of halogens is 5. The largest absolute Gasteiger partial charge is 0.435 e. The number of thiol groups is 1. The molecule has 0 spiro atoms. The smallest absolute Gasteiger partial charge is 0.347 e. The van der Waals surface area contributed by atoms with Crippen LogP contribution in [0.5, 0.6) is 0 Å². The topological polar surface area (TPSA) is 75.1 Å². The molecule has 0 aliphatic carbocycles. The number of amides is 1. The molecule has 1 aromatic carbocycles. The number of rotatable bonds is 4. The van der Waals surface area contributed by atoms with Crippen LogP contribution in [-0.2, 0) is 6.18 Å². The fourth-order valence-corrected chi connectivity index (χ4v) is 4.07. The van der Waals surface area contributed by atoms with Crippen molar-refractivity contribution in [3.05, 3.63) is 81.7 Å². The maximum absolute atomic E-state index is 13.8. The van der Waals surface area contributed by atoms with Gasteiger partial charge in [-0.15, -0.1) is 0 Å². The van der Waals surface area contributed by atoms with E-state index in [0.29, 0.717) is 0 Å². The molecule has 1 amide bonds. The predicted octanol–water partition coefficient (Wildman–Crippen LogP) is 5.65. The van der Waals surface area contributed by atoms with Crippen molar-refractivity contribution in [2.75, 3.05) is 5.32 Å². The van der Waals surface area contributed by atoms with E-state index in [9.17, 15) is 18.0 Å². The average molecular weight is 486 g/mol. The molecule has 0 saturated heterocycles. The first kappa shape index (κ1) is 21.5. The van der Waals surface area contributed by atoms with E-state index in [4.69, 9.17) is 23.2 Å². The van der Waals surface area contributed by atoms with Gasteiger partial charge in [0.05, 0.1) is 27.0 Å². The van der Waals surface area contributed by atoms with Crippen LogP contribution in [0.2, 0.25) is 10.0 Å². The Morgan fingerprint density at radius 1 is 1.19 bits per heavy atom. The number of carbonyl (C=O) groups excluding carboxylic acids is 1. The first-order valence-electron chi connectivity index (χ1n) is 8.69. The normalized spacial score (nSPS) is 12.8. The number of imidazole rings is 2. The molecular weight excluding hydrogens is 474 g/mol. The summed E-state index contributed by atoms with van der Waals surface area (Å²) in [5.41, 5.74) is -1.46. The minimum Gasteiger partial charge on any atom is -0.347 e. The SMILES string of the molecule is O=C(Nc1cccn2c(C(S)c3ncc[nH]3)c(C(F)(F)F)nc12)c1c(Cl)cccc1Cl. The Bertz CT molecular complexity index is 1250. The van der Waals surface area contributed by atoms with E-state index in [1.54, 1.807) is 6.07 Å². The molecule has 1 unspecified atom stereocenters. The summed E-state index contributed by atoms with van der Waals surface area (Å²) < 4.78 is 42.6. The van der Waals surface area contributed by atoms with Crippen molar-refractivity contribution in [3.63, 3.8) is 0 Å². The highest BCUT2D eigenvalue weighted by Crippen LogP contribution is 2.39. The highest BCUT2D eigenvalue weighted by molar-refractivity contribution is 7.80. The second kappa shape index (κ2) is 8.10. The number of aromatic nitrogens is 4. The third-order valence-electron chi connectivity index (χ3n) is 4.43. The lowest BCUT2D eigenvalue weighted by Crippen LogP contribution is -2.14. The molecule has 0 aliphatic heterocycles. The van der Waals surface area contributed by atoms with Crippen molar-refractivity contribution in [1.82, 2.24) is 19.4 Å². The number of anilines is 1. The zero-order chi connectivity index (χ0) is 22.3. The van der Waals surface area contributed by atoms with Gasteiger partial charge in [0.2, 0.25) is 0 Å². The lowest BCUT2D eigenvalue weighted by atomic mass is 10.2. The fourth-order valence-electron chi connectivity index (χ4n) is 3.11. The average Bonchev–Trinajstić information content (AvgIpc) is 3.36. The monoisotopic (exact) mass is 485 g/mol. The number of H-pyrrole nitrogens is 1. The maximum atomic E-state index is 13.8. The molecular formula is C19H12Cl2F3N5OS. The van der Waals surface area contributed by atoms with Crippen molar-refractivity contribution < 1.29 is 18.0 Å². The van der Waals surface area contributed by atoms with Gasteiger partial charge in [-0.25, -0.2) is 9.97 Å². The quantitative estimate of drug-likeness (QED) is 0.326. The van der Waals surface area contributed by atoms with Crippen LogP contribution in [0.1, 0.15) is 32.8 Å². The zero-order valence-corrected chi connectivity index (χ0v) is 17.7. The van der Waals surface area contributed by atoms with E-state index in [1.807, 2.05) is 0 Å². The van der Waals surface area contributed by atoms with Gasteiger partial charge in [0.1, 0.15) is 11.1 Å². The number of carbonyl (C=O) groups is 1. The van der Waals surface area contributed by atoms with Crippen LogP contribution in [0.4, 0.5) is 18.9 Å². The van der Waals surface area contributed by atoms with Crippen LogP contribution in [0.15, 0.2) is 48.9 Å². The number of alkyl halides is 3. The van der Waals surface area contributed by atoms with Crippen LogP contribution in [0.3, 0.4) is 0 Å². The standard InChI is InChI=1S/C19H12Cl2F3N5OS/c20-9-3-1-4-10(21)12(9)18(30)27-11-5-2-8-29-13(14(31)16-25-6-7-26-16)15(19(22,23)24)28-17(11)29/h1-8,14,31H,(H,25,26)(H,27,30). The molecule has 0 radical (unpaired) electrons. The summed E-state index contributed by atoms with van der Waals surface area (Å²) in [4.78, 5) is 23.3. The molecule has 0 fully saturated rings. The summed E-state index contributed by atoms with van der Waals surface area (Å²) in [6.45, 7) is 0. The molecule has 160 valence electrons. The molecule has 3 heterocycles. The number of hydrogen-bond donors (Lipinski definition) is 3. The molecule has 1 atom stereocenters.